The summed E-state index contributed by atoms with van der Waals surface area (Å²) in [4.78, 5) is 1.41. The molecule has 0 aliphatic heterocycles. The molecule has 0 spiro atoms. The Labute approximate surface area is 112 Å². The van der Waals surface area contributed by atoms with Gasteiger partial charge in [-0.05, 0) is 37.9 Å². The third-order valence-corrected chi connectivity index (χ3v) is 2.95. The Morgan fingerprint density at radius 3 is 2.05 bits per heavy atom. The van der Waals surface area contributed by atoms with Crippen LogP contribution in [0.15, 0.2) is 24.3 Å². The lowest BCUT2D eigenvalue weighted by molar-refractivity contribution is -0.150. The highest BCUT2D eigenvalue weighted by molar-refractivity contribution is 5.22. The highest BCUT2D eigenvalue weighted by Crippen LogP contribution is 2.20. The molecule has 0 unspecified atom stereocenters. The molecular formula is C14H21F3N2. The zero-order valence-electron chi connectivity index (χ0n) is 11.4. The van der Waals surface area contributed by atoms with E-state index in [1.54, 1.807) is 13.8 Å². The molecule has 0 atom stereocenters. The highest BCUT2D eigenvalue weighted by Gasteiger charge is 2.31. The van der Waals surface area contributed by atoms with Crippen molar-refractivity contribution in [2.45, 2.75) is 39.0 Å². The third-order valence-electron chi connectivity index (χ3n) is 2.95. The fraction of sp³-hybridized carbons (Fsp3) is 0.571. The fourth-order valence-corrected chi connectivity index (χ4v) is 1.86. The van der Waals surface area contributed by atoms with Crippen molar-refractivity contribution in [2.75, 3.05) is 13.1 Å². The lowest BCUT2D eigenvalue weighted by Gasteiger charge is -2.27. The quantitative estimate of drug-likeness (QED) is 0.864. The van der Waals surface area contributed by atoms with Gasteiger partial charge in [0.2, 0.25) is 0 Å². The third kappa shape index (κ3) is 6.07. The predicted molar refractivity (Wildman–Crippen MR) is 70.8 cm³/mol. The maximum atomic E-state index is 12.5. The summed E-state index contributed by atoms with van der Waals surface area (Å²) >= 11 is 0. The Kier molecular flexibility index (Phi) is 5.82. The maximum absolute atomic E-state index is 12.5. The van der Waals surface area contributed by atoms with Crippen LogP contribution in [-0.2, 0) is 13.0 Å². The Bertz CT molecular complexity index is 371. The first-order chi connectivity index (χ1) is 8.81. The van der Waals surface area contributed by atoms with Gasteiger partial charge in [-0.2, -0.15) is 13.2 Å². The second kappa shape index (κ2) is 6.91. The van der Waals surface area contributed by atoms with E-state index in [-0.39, 0.29) is 6.04 Å². The molecule has 0 saturated carbocycles. The minimum Gasteiger partial charge on any atom is -0.330 e. The number of alkyl halides is 3. The number of halogens is 3. The van der Waals surface area contributed by atoms with Crippen LogP contribution in [0.25, 0.3) is 0 Å². The summed E-state index contributed by atoms with van der Waals surface area (Å²) < 4.78 is 37.4. The average Bonchev–Trinajstić information content (AvgIpc) is 2.29. The number of hydrogen-bond acceptors (Lipinski definition) is 2. The minimum atomic E-state index is -4.16. The van der Waals surface area contributed by atoms with Gasteiger partial charge in [-0.15, -0.1) is 0 Å². The number of nitrogens with zero attached hydrogens (tertiary/aromatic N) is 1. The van der Waals surface area contributed by atoms with Crippen LogP contribution in [0, 0.1) is 0 Å². The van der Waals surface area contributed by atoms with Gasteiger partial charge >= 0.3 is 6.18 Å². The SMILES string of the molecule is CC(C)N(Cc1ccc(CCN)cc1)CC(F)(F)F. The number of rotatable bonds is 6. The second-order valence-corrected chi connectivity index (χ2v) is 4.97. The van der Waals surface area contributed by atoms with Gasteiger partial charge < -0.3 is 5.73 Å². The van der Waals surface area contributed by atoms with E-state index < -0.39 is 12.7 Å². The van der Waals surface area contributed by atoms with Crippen molar-refractivity contribution >= 4 is 0 Å². The number of hydrogen-bond donors (Lipinski definition) is 1. The molecule has 0 amide bonds. The van der Waals surface area contributed by atoms with Gasteiger partial charge in [-0.1, -0.05) is 24.3 Å². The van der Waals surface area contributed by atoms with Crippen LogP contribution in [0.5, 0.6) is 0 Å². The van der Waals surface area contributed by atoms with Crippen molar-refractivity contribution < 1.29 is 13.2 Å². The molecule has 1 rings (SSSR count). The molecule has 1 aromatic rings. The van der Waals surface area contributed by atoms with E-state index in [0.29, 0.717) is 13.1 Å². The minimum absolute atomic E-state index is 0.148. The molecule has 0 fully saturated rings. The first-order valence-electron chi connectivity index (χ1n) is 6.40. The summed E-state index contributed by atoms with van der Waals surface area (Å²) in [7, 11) is 0. The van der Waals surface area contributed by atoms with Crippen LogP contribution < -0.4 is 5.73 Å². The maximum Gasteiger partial charge on any atom is 0.401 e. The molecular weight excluding hydrogens is 253 g/mol. The van der Waals surface area contributed by atoms with Gasteiger partial charge in [0.1, 0.15) is 0 Å². The van der Waals surface area contributed by atoms with E-state index >= 15 is 0 Å². The van der Waals surface area contributed by atoms with E-state index in [9.17, 15) is 13.2 Å². The summed E-state index contributed by atoms with van der Waals surface area (Å²) in [5, 5.41) is 0. The van der Waals surface area contributed by atoms with Crippen molar-refractivity contribution in [1.82, 2.24) is 4.90 Å². The highest BCUT2D eigenvalue weighted by atomic mass is 19.4. The summed E-state index contributed by atoms with van der Waals surface area (Å²) in [6.07, 6.45) is -3.37. The summed E-state index contributed by atoms with van der Waals surface area (Å²) in [6.45, 7) is 3.55. The molecule has 2 nitrogen and oxygen atoms in total. The summed E-state index contributed by atoms with van der Waals surface area (Å²) in [6, 6.07) is 7.45. The predicted octanol–water partition coefficient (Wildman–Crippen LogP) is 2.96. The van der Waals surface area contributed by atoms with Crippen LogP contribution >= 0.6 is 0 Å². The molecule has 0 radical (unpaired) electrons. The van der Waals surface area contributed by atoms with Crippen LogP contribution in [0.1, 0.15) is 25.0 Å². The lowest BCUT2D eigenvalue weighted by Crippen LogP contribution is -2.38. The van der Waals surface area contributed by atoms with Crippen LogP contribution in [0.2, 0.25) is 0 Å². The van der Waals surface area contributed by atoms with E-state index in [2.05, 4.69) is 0 Å². The van der Waals surface area contributed by atoms with Gasteiger partial charge in [0.05, 0.1) is 6.54 Å². The summed E-state index contributed by atoms with van der Waals surface area (Å²) in [5.41, 5.74) is 7.45. The number of benzene rings is 1. The Morgan fingerprint density at radius 2 is 1.63 bits per heavy atom. The average molecular weight is 274 g/mol. The normalized spacial score (nSPS) is 12.4. The Balaban J connectivity index is 2.68. The van der Waals surface area contributed by atoms with Gasteiger partial charge in [-0.25, -0.2) is 0 Å². The van der Waals surface area contributed by atoms with Crippen molar-refractivity contribution in [3.05, 3.63) is 35.4 Å². The number of nitrogens with two attached hydrogens (primary N) is 1. The molecule has 0 aromatic heterocycles. The molecule has 108 valence electrons. The topological polar surface area (TPSA) is 29.3 Å². The zero-order valence-corrected chi connectivity index (χ0v) is 11.4. The summed E-state index contributed by atoms with van der Waals surface area (Å²) in [5.74, 6) is 0. The van der Waals surface area contributed by atoms with Crippen molar-refractivity contribution in [2.24, 2.45) is 5.73 Å². The molecule has 5 heteroatoms. The van der Waals surface area contributed by atoms with Crippen molar-refractivity contribution in [1.29, 1.82) is 0 Å². The molecule has 2 N–H and O–H groups in total. The van der Waals surface area contributed by atoms with E-state index in [1.165, 1.54) is 4.90 Å². The molecule has 0 bridgehead atoms. The molecule has 0 aliphatic rings. The molecule has 0 saturated heterocycles. The van der Waals surface area contributed by atoms with Gasteiger partial charge in [0.15, 0.2) is 0 Å². The van der Waals surface area contributed by atoms with Crippen LogP contribution in [0.4, 0.5) is 13.2 Å². The van der Waals surface area contributed by atoms with Gasteiger partial charge in [0.25, 0.3) is 0 Å². The largest absolute Gasteiger partial charge is 0.401 e. The van der Waals surface area contributed by atoms with E-state index in [1.807, 2.05) is 24.3 Å². The molecule has 0 aliphatic carbocycles. The standard InChI is InChI=1S/C14H21F3N2/c1-11(2)19(10-14(15,16)17)9-13-5-3-12(4-6-13)7-8-18/h3-6,11H,7-10,18H2,1-2H3. The van der Waals surface area contributed by atoms with Crippen LogP contribution in [-0.4, -0.2) is 30.2 Å². The Morgan fingerprint density at radius 1 is 1.11 bits per heavy atom. The lowest BCUT2D eigenvalue weighted by atomic mass is 10.1. The first kappa shape index (κ1) is 16.0. The van der Waals surface area contributed by atoms with Gasteiger partial charge in [-0.3, -0.25) is 4.90 Å². The zero-order chi connectivity index (χ0) is 14.5. The van der Waals surface area contributed by atoms with E-state index in [0.717, 1.165) is 17.5 Å². The first-order valence-corrected chi connectivity index (χ1v) is 6.40. The molecule has 0 heterocycles. The van der Waals surface area contributed by atoms with E-state index in [4.69, 9.17) is 5.73 Å². The van der Waals surface area contributed by atoms with Crippen molar-refractivity contribution in [3.63, 3.8) is 0 Å². The second-order valence-electron chi connectivity index (χ2n) is 4.97. The van der Waals surface area contributed by atoms with Crippen LogP contribution in [0.3, 0.4) is 0 Å². The fourth-order valence-electron chi connectivity index (χ4n) is 1.86. The van der Waals surface area contributed by atoms with Crippen molar-refractivity contribution in [3.8, 4) is 0 Å². The Hall–Kier alpha value is -1.07. The van der Waals surface area contributed by atoms with Gasteiger partial charge in [0, 0.05) is 12.6 Å². The molecule has 19 heavy (non-hydrogen) atoms. The monoisotopic (exact) mass is 274 g/mol. The molecule has 1 aromatic carbocycles. The smallest absolute Gasteiger partial charge is 0.330 e.